The first kappa shape index (κ1) is 10.5. The number of ether oxygens (including phenoxy) is 1. The molecule has 15 heavy (non-hydrogen) atoms. The molecule has 0 aliphatic heterocycles. The Morgan fingerprint density at radius 2 is 2.27 bits per heavy atom. The molecular weight excluding hydrogens is 210 g/mol. The zero-order valence-electron chi connectivity index (χ0n) is 8.51. The van der Waals surface area contributed by atoms with Crippen LogP contribution in [-0.4, -0.2) is 29.3 Å². The second-order valence-corrected chi connectivity index (χ2v) is 4.29. The molecule has 4 heteroatoms. The molecule has 0 amide bonds. The van der Waals surface area contributed by atoms with Crippen LogP contribution in [0.15, 0.2) is 24.3 Å². The molecule has 2 rings (SSSR count). The molecule has 1 aromatic carbocycles. The van der Waals surface area contributed by atoms with Crippen molar-refractivity contribution < 1.29 is 9.84 Å². The fourth-order valence-electron chi connectivity index (χ4n) is 1.56. The molecule has 0 spiro atoms. The van der Waals surface area contributed by atoms with Gasteiger partial charge >= 0.3 is 0 Å². The highest BCUT2D eigenvalue weighted by Crippen LogP contribution is 2.23. The van der Waals surface area contributed by atoms with Crippen molar-refractivity contribution >= 4 is 22.4 Å². The largest absolute Gasteiger partial charge is 0.390 e. The zero-order chi connectivity index (χ0) is 10.7. The number of methoxy groups -OCH3 is 1. The van der Waals surface area contributed by atoms with Crippen LogP contribution >= 0.6 is 11.5 Å². The fourth-order valence-corrected chi connectivity index (χ4v) is 2.46. The lowest BCUT2D eigenvalue weighted by Crippen LogP contribution is -2.16. The molecule has 2 aromatic rings. The standard InChI is InChI=1S/C11H13NO2S/c1-14-7-8(13)6-11-9-4-2-3-5-10(9)12-15-11/h2-5,8,13H,6-7H2,1H3. The summed E-state index contributed by atoms with van der Waals surface area (Å²) in [5, 5.41) is 10.8. The Bertz CT molecular complexity index is 441. The van der Waals surface area contributed by atoms with E-state index in [0.29, 0.717) is 13.0 Å². The summed E-state index contributed by atoms with van der Waals surface area (Å²) >= 11 is 1.45. The Morgan fingerprint density at radius 1 is 1.47 bits per heavy atom. The minimum Gasteiger partial charge on any atom is -0.390 e. The van der Waals surface area contributed by atoms with Crippen LogP contribution in [0.3, 0.4) is 0 Å². The molecule has 0 saturated heterocycles. The van der Waals surface area contributed by atoms with E-state index in [0.717, 1.165) is 15.8 Å². The van der Waals surface area contributed by atoms with E-state index >= 15 is 0 Å². The van der Waals surface area contributed by atoms with Gasteiger partial charge in [0.2, 0.25) is 0 Å². The number of aliphatic hydroxyl groups is 1. The van der Waals surface area contributed by atoms with Crippen LogP contribution in [0, 0.1) is 0 Å². The molecule has 80 valence electrons. The predicted molar refractivity (Wildman–Crippen MR) is 61.2 cm³/mol. The molecule has 3 nitrogen and oxygen atoms in total. The van der Waals surface area contributed by atoms with Crippen LogP contribution in [0.4, 0.5) is 0 Å². The Labute approximate surface area is 92.5 Å². The van der Waals surface area contributed by atoms with Gasteiger partial charge in [-0.25, -0.2) is 0 Å². The summed E-state index contributed by atoms with van der Waals surface area (Å²) < 4.78 is 9.22. The third-order valence-corrected chi connectivity index (χ3v) is 3.13. The van der Waals surface area contributed by atoms with E-state index in [9.17, 15) is 5.11 Å². The number of hydrogen-bond acceptors (Lipinski definition) is 4. The van der Waals surface area contributed by atoms with Gasteiger partial charge in [-0.2, -0.15) is 4.37 Å². The maximum atomic E-state index is 9.63. The van der Waals surface area contributed by atoms with Crippen LogP contribution in [0.5, 0.6) is 0 Å². The number of aromatic nitrogens is 1. The van der Waals surface area contributed by atoms with E-state index < -0.39 is 6.10 Å². The molecule has 0 bridgehead atoms. The van der Waals surface area contributed by atoms with E-state index in [1.54, 1.807) is 7.11 Å². The number of fused-ring (bicyclic) bond motifs is 1. The Hall–Kier alpha value is -0.970. The quantitative estimate of drug-likeness (QED) is 0.860. The van der Waals surface area contributed by atoms with E-state index in [1.807, 2.05) is 24.3 Å². The Balaban J connectivity index is 2.21. The summed E-state index contributed by atoms with van der Waals surface area (Å²) in [5.74, 6) is 0. The fraction of sp³-hybridized carbons (Fsp3) is 0.364. The minimum atomic E-state index is -0.446. The van der Waals surface area contributed by atoms with Crippen molar-refractivity contribution in [2.75, 3.05) is 13.7 Å². The van der Waals surface area contributed by atoms with Gasteiger partial charge in [-0.3, -0.25) is 0 Å². The van der Waals surface area contributed by atoms with Crippen LogP contribution in [0.25, 0.3) is 10.9 Å². The van der Waals surface area contributed by atoms with E-state index in [1.165, 1.54) is 11.5 Å². The van der Waals surface area contributed by atoms with E-state index in [-0.39, 0.29) is 0 Å². The topological polar surface area (TPSA) is 42.4 Å². The molecule has 0 saturated carbocycles. The first-order chi connectivity index (χ1) is 7.31. The molecule has 0 fully saturated rings. The number of rotatable bonds is 4. The normalized spacial score (nSPS) is 13.2. The van der Waals surface area contributed by atoms with Crippen molar-refractivity contribution in [3.8, 4) is 0 Å². The monoisotopic (exact) mass is 223 g/mol. The SMILES string of the molecule is COCC(O)Cc1snc2ccccc12. The van der Waals surface area contributed by atoms with Crippen molar-refractivity contribution in [1.29, 1.82) is 0 Å². The molecule has 1 atom stereocenters. The van der Waals surface area contributed by atoms with Gasteiger partial charge in [0.25, 0.3) is 0 Å². The summed E-state index contributed by atoms with van der Waals surface area (Å²) in [5.41, 5.74) is 1.00. The minimum absolute atomic E-state index is 0.367. The highest BCUT2D eigenvalue weighted by atomic mass is 32.1. The maximum Gasteiger partial charge on any atom is 0.0843 e. The number of benzene rings is 1. The average molecular weight is 223 g/mol. The number of nitrogens with zero attached hydrogens (tertiary/aromatic N) is 1. The second kappa shape index (κ2) is 4.70. The molecule has 0 aliphatic rings. The summed E-state index contributed by atoms with van der Waals surface area (Å²) in [7, 11) is 1.59. The van der Waals surface area contributed by atoms with Crippen LogP contribution in [-0.2, 0) is 11.2 Å². The smallest absolute Gasteiger partial charge is 0.0843 e. The summed E-state index contributed by atoms with van der Waals surface area (Å²) in [6.45, 7) is 0.367. The highest BCUT2D eigenvalue weighted by Gasteiger charge is 2.10. The molecule has 0 radical (unpaired) electrons. The molecule has 1 aromatic heterocycles. The highest BCUT2D eigenvalue weighted by molar-refractivity contribution is 7.07. The number of hydrogen-bond donors (Lipinski definition) is 1. The average Bonchev–Trinajstić information content (AvgIpc) is 2.62. The third-order valence-electron chi connectivity index (χ3n) is 2.24. The van der Waals surface area contributed by atoms with Crippen LogP contribution < -0.4 is 0 Å². The van der Waals surface area contributed by atoms with E-state index in [4.69, 9.17) is 4.74 Å². The molecule has 1 heterocycles. The Kier molecular flexibility index (Phi) is 3.30. The van der Waals surface area contributed by atoms with Crippen molar-refractivity contribution in [3.63, 3.8) is 0 Å². The molecule has 1 unspecified atom stereocenters. The van der Waals surface area contributed by atoms with E-state index in [2.05, 4.69) is 4.37 Å². The maximum absolute atomic E-state index is 9.63. The van der Waals surface area contributed by atoms with Gasteiger partial charge in [0.15, 0.2) is 0 Å². The van der Waals surface area contributed by atoms with Crippen LogP contribution in [0.2, 0.25) is 0 Å². The van der Waals surface area contributed by atoms with Gasteiger partial charge in [0, 0.05) is 23.8 Å². The van der Waals surface area contributed by atoms with Crippen molar-refractivity contribution in [2.24, 2.45) is 0 Å². The van der Waals surface area contributed by atoms with Gasteiger partial charge in [-0.15, -0.1) is 0 Å². The van der Waals surface area contributed by atoms with Crippen LogP contribution in [0.1, 0.15) is 4.88 Å². The second-order valence-electron chi connectivity index (χ2n) is 3.44. The first-order valence-electron chi connectivity index (χ1n) is 4.81. The lowest BCUT2D eigenvalue weighted by Gasteiger charge is -2.07. The summed E-state index contributed by atoms with van der Waals surface area (Å²) in [6, 6.07) is 7.98. The summed E-state index contributed by atoms with van der Waals surface area (Å²) in [6.07, 6.45) is 0.165. The van der Waals surface area contributed by atoms with Crippen molar-refractivity contribution in [1.82, 2.24) is 4.37 Å². The lowest BCUT2D eigenvalue weighted by molar-refractivity contribution is 0.0657. The number of aliphatic hydroxyl groups excluding tert-OH is 1. The first-order valence-corrected chi connectivity index (χ1v) is 5.59. The van der Waals surface area contributed by atoms with Gasteiger partial charge in [0.1, 0.15) is 0 Å². The van der Waals surface area contributed by atoms with Gasteiger partial charge in [-0.1, -0.05) is 18.2 Å². The molecule has 1 N–H and O–H groups in total. The lowest BCUT2D eigenvalue weighted by atomic mass is 10.1. The third kappa shape index (κ3) is 2.34. The molecular formula is C11H13NO2S. The zero-order valence-corrected chi connectivity index (χ0v) is 9.33. The Morgan fingerprint density at radius 3 is 3.07 bits per heavy atom. The molecule has 0 aliphatic carbocycles. The predicted octanol–water partition coefficient (Wildman–Crippen LogP) is 1.85. The summed E-state index contributed by atoms with van der Waals surface area (Å²) in [4.78, 5) is 1.12. The van der Waals surface area contributed by atoms with Crippen molar-refractivity contribution in [2.45, 2.75) is 12.5 Å². The van der Waals surface area contributed by atoms with Gasteiger partial charge < -0.3 is 9.84 Å². The van der Waals surface area contributed by atoms with Crippen molar-refractivity contribution in [3.05, 3.63) is 29.1 Å². The van der Waals surface area contributed by atoms with Gasteiger partial charge in [0.05, 0.1) is 18.2 Å². The van der Waals surface area contributed by atoms with Gasteiger partial charge in [-0.05, 0) is 17.6 Å².